The number of benzene rings is 3. The SMILES string of the molecule is COc1ccc2ccccc2c1CNCc1ccccc1.O=C(O)C(=O)O. The fourth-order valence-corrected chi connectivity index (χ4v) is 2.62. The molecule has 0 aliphatic rings. The van der Waals surface area contributed by atoms with Crippen LogP contribution in [0.5, 0.6) is 5.75 Å². The molecule has 27 heavy (non-hydrogen) atoms. The van der Waals surface area contributed by atoms with E-state index < -0.39 is 11.9 Å². The highest BCUT2D eigenvalue weighted by atomic mass is 16.5. The second kappa shape index (κ2) is 9.94. The Bertz CT molecular complexity index is 897. The largest absolute Gasteiger partial charge is 0.496 e. The van der Waals surface area contributed by atoms with Crippen molar-refractivity contribution in [3.63, 3.8) is 0 Å². The molecule has 0 saturated heterocycles. The molecule has 0 aliphatic carbocycles. The Balaban J connectivity index is 0.000000380. The van der Waals surface area contributed by atoms with Crippen LogP contribution in [0.1, 0.15) is 11.1 Å². The molecule has 3 N–H and O–H groups in total. The molecule has 0 aromatic heterocycles. The zero-order valence-electron chi connectivity index (χ0n) is 14.9. The van der Waals surface area contributed by atoms with Crippen LogP contribution in [0.25, 0.3) is 10.8 Å². The summed E-state index contributed by atoms with van der Waals surface area (Å²) in [5, 5.41) is 20.8. The third-order valence-corrected chi connectivity index (χ3v) is 3.87. The molecule has 0 saturated carbocycles. The van der Waals surface area contributed by atoms with E-state index in [2.05, 4.69) is 59.9 Å². The first-order valence-electron chi connectivity index (χ1n) is 8.28. The summed E-state index contributed by atoms with van der Waals surface area (Å²) in [4.78, 5) is 18.2. The van der Waals surface area contributed by atoms with Gasteiger partial charge in [-0.2, -0.15) is 0 Å². The molecule has 3 aromatic carbocycles. The van der Waals surface area contributed by atoms with E-state index in [1.54, 1.807) is 7.11 Å². The monoisotopic (exact) mass is 367 g/mol. The van der Waals surface area contributed by atoms with Crippen molar-refractivity contribution in [1.82, 2.24) is 5.32 Å². The van der Waals surface area contributed by atoms with Gasteiger partial charge in [0.2, 0.25) is 0 Å². The Labute approximate surface area is 157 Å². The lowest BCUT2D eigenvalue weighted by Crippen LogP contribution is -2.13. The van der Waals surface area contributed by atoms with E-state index in [9.17, 15) is 0 Å². The van der Waals surface area contributed by atoms with Gasteiger partial charge in [-0.15, -0.1) is 0 Å². The van der Waals surface area contributed by atoms with Gasteiger partial charge in [0.25, 0.3) is 0 Å². The van der Waals surface area contributed by atoms with Gasteiger partial charge in [0.15, 0.2) is 0 Å². The molecule has 0 aliphatic heterocycles. The third-order valence-electron chi connectivity index (χ3n) is 3.87. The summed E-state index contributed by atoms with van der Waals surface area (Å²) >= 11 is 0. The molecule has 140 valence electrons. The van der Waals surface area contributed by atoms with Crippen LogP contribution >= 0.6 is 0 Å². The Morgan fingerprint density at radius 1 is 0.852 bits per heavy atom. The van der Waals surface area contributed by atoms with E-state index in [0.29, 0.717) is 0 Å². The van der Waals surface area contributed by atoms with Gasteiger partial charge in [-0.25, -0.2) is 9.59 Å². The second-order valence-electron chi connectivity index (χ2n) is 5.67. The van der Waals surface area contributed by atoms with Gasteiger partial charge in [-0.05, 0) is 22.4 Å². The van der Waals surface area contributed by atoms with Gasteiger partial charge in [-0.3, -0.25) is 0 Å². The lowest BCUT2D eigenvalue weighted by atomic mass is 10.0. The van der Waals surface area contributed by atoms with E-state index in [1.807, 2.05) is 12.1 Å². The lowest BCUT2D eigenvalue weighted by molar-refractivity contribution is -0.159. The minimum atomic E-state index is -1.82. The number of ether oxygens (including phenoxy) is 1. The summed E-state index contributed by atoms with van der Waals surface area (Å²) < 4.78 is 5.52. The van der Waals surface area contributed by atoms with Crippen molar-refractivity contribution in [2.45, 2.75) is 13.1 Å². The topological polar surface area (TPSA) is 95.9 Å². The van der Waals surface area contributed by atoms with Gasteiger partial charge in [0, 0.05) is 18.7 Å². The first-order chi connectivity index (χ1) is 13.0. The smallest absolute Gasteiger partial charge is 0.414 e. The van der Waals surface area contributed by atoms with Gasteiger partial charge in [0.05, 0.1) is 7.11 Å². The fourth-order valence-electron chi connectivity index (χ4n) is 2.62. The maximum absolute atomic E-state index is 9.10. The summed E-state index contributed by atoms with van der Waals surface area (Å²) in [6, 6.07) is 23.0. The summed E-state index contributed by atoms with van der Waals surface area (Å²) in [5.74, 6) is -2.71. The summed E-state index contributed by atoms with van der Waals surface area (Å²) in [6.07, 6.45) is 0. The number of carboxylic acid groups (broad SMARTS) is 2. The molecular formula is C21H21NO5. The Hall–Kier alpha value is -3.38. The van der Waals surface area contributed by atoms with Crippen LogP contribution < -0.4 is 10.1 Å². The number of methoxy groups -OCH3 is 1. The van der Waals surface area contributed by atoms with Crippen molar-refractivity contribution in [1.29, 1.82) is 0 Å². The standard InChI is InChI=1S/C19H19NO.C2H2O4/c1-21-19-12-11-16-9-5-6-10-17(16)18(19)14-20-13-15-7-3-2-4-8-15;3-1(4)2(5)6/h2-12,20H,13-14H2,1H3;(H,3,4)(H,5,6). The number of carbonyl (C=O) groups is 2. The van der Waals surface area contributed by atoms with Crippen molar-refractivity contribution in [3.05, 3.63) is 77.9 Å². The quantitative estimate of drug-likeness (QED) is 0.599. The molecule has 0 radical (unpaired) electrons. The third kappa shape index (κ3) is 5.83. The number of aliphatic carboxylic acids is 2. The molecule has 6 nitrogen and oxygen atoms in total. The van der Waals surface area contributed by atoms with Gasteiger partial charge < -0.3 is 20.3 Å². The molecule has 3 rings (SSSR count). The van der Waals surface area contributed by atoms with Crippen molar-refractivity contribution in [2.75, 3.05) is 7.11 Å². The molecule has 0 atom stereocenters. The summed E-state index contributed by atoms with van der Waals surface area (Å²) in [6.45, 7) is 1.65. The molecular weight excluding hydrogens is 346 g/mol. The number of fused-ring (bicyclic) bond motifs is 1. The molecule has 0 fully saturated rings. The van der Waals surface area contributed by atoms with Crippen LogP contribution in [0, 0.1) is 0 Å². The van der Waals surface area contributed by atoms with Crippen LogP contribution in [0.15, 0.2) is 66.7 Å². The van der Waals surface area contributed by atoms with Crippen LogP contribution in [0.3, 0.4) is 0 Å². The van der Waals surface area contributed by atoms with Gasteiger partial charge >= 0.3 is 11.9 Å². The molecule has 0 spiro atoms. The number of rotatable bonds is 5. The first-order valence-corrected chi connectivity index (χ1v) is 8.28. The average molecular weight is 367 g/mol. The Kier molecular flexibility index (Phi) is 7.34. The van der Waals surface area contributed by atoms with Crippen molar-refractivity contribution in [3.8, 4) is 5.75 Å². The minimum Gasteiger partial charge on any atom is -0.496 e. The van der Waals surface area contributed by atoms with Crippen molar-refractivity contribution in [2.24, 2.45) is 0 Å². The lowest BCUT2D eigenvalue weighted by Gasteiger charge is -2.13. The first kappa shape index (κ1) is 19.9. The van der Waals surface area contributed by atoms with E-state index in [0.717, 1.165) is 18.8 Å². The molecule has 0 amide bonds. The van der Waals surface area contributed by atoms with Crippen LogP contribution in [-0.4, -0.2) is 29.3 Å². The molecule has 3 aromatic rings. The zero-order valence-corrected chi connectivity index (χ0v) is 14.9. The maximum atomic E-state index is 9.10. The molecule has 0 unspecified atom stereocenters. The molecule has 6 heteroatoms. The van der Waals surface area contributed by atoms with Gasteiger partial charge in [0.1, 0.15) is 5.75 Å². The highest BCUT2D eigenvalue weighted by Gasteiger charge is 2.07. The zero-order chi connectivity index (χ0) is 19.6. The predicted molar refractivity (Wildman–Crippen MR) is 103 cm³/mol. The fraction of sp³-hybridized carbons (Fsp3) is 0.143. The van der Waals surface area contributed by atoms with Gasteiger partial charge in [-0.1, -0.05) is 60.7 Å². The number of hydrogen-bond donors (Lipinski definition) is 3. The Morgan fingerprint density at radius 2 is 1.48 bits per heavy atom. The molecule has 0 bridgehead atoms. The highest BCUT2D eigenvalue weighted by Crippen LogP contribution is 2.27. The number of hydrogen-bond acceptors (Lipinski definition) is 4. The number of carboxylic acids is 2. The Morgan fingerprint density at radius 3 is 2.11 bits per heavy atom. The maximum Gasteiger partial charge on any atom is 0.414 e. The normalized spacial score (nSPS) is 9.96. The second-order valence-corrected chi connectivity index (χ2v) is 5.67. The minimum absolute atomic E-state index is 0.791. The van der Waals surface area contributed by atoms with E-state index in [4.69, 9.17) is 24.5 Å². The average Bonchev–Trinajstić information content (AvgIpc) is 2.69. The highest BCUT2D eigenvalue weighted by molar-refractivity contribution is 6.27. The van der Waals surface area contributed by atoms with Crippen molar-refractivity contribution >= 4 is 22.7 Å². The summed E-state index contributed by atoms with van der Waals surface area (Å²) in [5.41, 5.74) is 2.50. The van der Waals surface area contributed by atoms with E-state index in [1.165, 1.54) is 21.9 Å². The van der Waals surface area contributed by atoms with Crippen molar-refractivity contribution < 1.29 is 24.5 Å². The number of nitrogens with one attached hydrogen (secondary N) is 1. The van der Waals surface area contributed by atoms with E-state index in [-0.39, 0.29) is 0 Å². The van der Waals surface area contributed by atoms with Crippen LogP contribution in [-0.2, 0) is 22.7 Å². The van der Waals surface area contributed by atoms with E-state index >= 15 is 0 Å². The molecule has 0 heterocycles. The summed E-state index contributed by atoms with van der Waals surface area (Å²) in [7, 11) is 1.73. The predicted octanol–water partition coefficient (Wildman–Crippen LogP) is 3.29. The van der Waals surface area contributed by atoms with Crippen LogP contribution in [0.2, 0.25) is 0 Å². The van der Waals surface area contributed by atoms with Crippen LogP contribution in [0.4, 0.5) is 0 Å².